The van der Waals surface area contributed by atoms with Crippen molar-refractivity contribution in [3.05, 3.63) is 17.0 Å². The van der Waals surface area contributed by atoms with E-state index in [4.69, 9.17) is 0 Å². The van der Waals surface area contributed by atoms with Crippen LogP contribution in [-0.2, 0) is 0 Å². The fraction of sp³-hybridized carbons (Fsp3) is 0.667. The van der Waals surface area contributed by atoms with Crippen molar-refractivity contribution < 1.29 is 4.79 Å². The molecule has 4 heteroatoms. The van der Waals surface area contributed by atoms with E-state index in [1.165, 1.54) is 12.8 Å². The van der Waals surface area contributed by atoms with Gasteiger partial charge in [-0.15, -0.1) is 0 Å². The lowest BCUT2D eigenvalue weighted by molar-refractivity contribution is 0.0928. The molecule has 88 valence electrons. The van der Waals surface area contributed by atoms with Crippen LogP contribution in [0.25, 0.3) is 0 Å². The summed E-state index contributed by atoms with van der Waals surface area (Å²) in [5.41, 5.74) is 2.33. The molecule has 1 fully saturated rings. The number of aromatic nitrogens is 2. The number of hydrogen-bond acceptors (Lipinski definition) is 2. The summed E-state index contributed by atoms with van der Waals surface area (Å²) in [7, 11) is 0. The first kappa shape index (κ1) is 11.2. The molecule has 1 saturated carbocycles. The van der Waals surface area contributed by atoms with E-state index in [1.54, 1.807) is 0 Å². The van der Waals surface area contributed by atoms with Crippen molar-refractivity contribution in [1.29, 1.82) is 0 Å². The lowest BCUT2D eigenvalue weighted by atomic mass is 10.1. The van der Waals surface area contributed by atoms with Crippen LogP contribution in [0.4, 0.5) is 0 Å². The highest BCUT2D eigenvalue weighted by molar-refractivity contribution is 5.96. The highest BCUT2D eigenvalue weighted by atomic mass is 16.1. The zero-order valence-corrected chi connectivity index (χ0v) is 10.1. The van der Waals surface area contributed by atoms with Crippen LogP contribution < -0.4 is 5.32 Å². The zero-order chi connectivity index (χ0) is 11.7. The molecule has 0 spiro atoms. The van der Waals surface area contributed by atoms with Gasteiger partial charge in [-0.25, -0.2) is 0 Å². The van der Waals surface area contributed by atoms with E-state index in [1.807, 2.05) is 13.8 Å². The average Bonchev–Trinajstić information content (AvgIpc) is 2.75. The van der Waals surface area contributed by atoms with Crippen LogP contribution in [0, 0.1) is 19.8 Å². The van der Waals surface area contributed by atoms with Gasteiger partial charge >= 0.3 is 0 Å². The first-order valence-electron chi connectivity index (χ1n) is 5.92. The molecule has 2 rings (SSSR count). The van der Waals surface area contributed by atoms with Crippen LogP contribution in [0.2, 0.25) is 0 Å². The Morgan fingerprint density at radius 1 is 1.44 bits per heavy atom. The molecule has 1 aliphatic rings. The van der Waals surface area contributed by atoms with Crippen LogP contribution >= 0.6 is 0 Å². The van der Waals surface area contributed by atoms with Gasteiger partial charge in [0.25, 0.3) is 5.91 Å². The van der Waals surface area contributed by atoms with Gasteiger partial charge in [0, 0.05) is 11.7 Å². The molecule has 1 amide bonds. The van der Waals surface area contributed by atoms with E-state index >= 15 is 0 Å². The Hall–Kier alpha value is -1.32. The number of aryl methyl sites for hydroxylation is 2. The second-order valence-electron chi connectivity index (χ2n) is 4.80. The molecule has 0 aliphatic heterocycles. The predicted molar refractivity (Wildman–Crippen MR) is 62.3 cm³/mol. The van der Waals surface area contributed by atoms with Crippen molar-refractivity contribution in [2.75, 3.05) is 0 Å². The van der Waals surface area contributed by atoms with Gasteiger partial charge in [0.05, 0.1) is 11.3 Å². The average molecular weight is 221 g/mol. The number of nitrogens with one attached hydrogen (secondary N) is 2. The Kier molecular flexibility index (Phi) is 2.99. The molecule has 0 radical (unpaired) electrons. The van der Waals surface area contributed by atoms with Gasteiger partial charge in [0.1, 0.15) is 0 Å². The van der Waals surface area contributed by atoms with Crippen LogP contribution in [0.3, 0.4) is 0 Å². The third-order valence-electron chi connectivity index (χ3n) is 3.53. The molecule has 2 atom stereocenters. The molecule has 2 N–H and O–H groups in total. The van der Waals surface area contributed by atoms with Gasteiger partial charge in [0.15, 0.2) is 0 Å². The molecule has 2 unspecified atom stereocenters. The summed E-state index contributed by atoms with van der Waals surface area (Å²) in [5.74, 6) is 0.610. The molecule has 4 nitrogen and oxygen atoms in total. The summed E-state index contributed by atoms with van der Waals surface area (Å²) >= 11 is 0. The summed E-state index contributed by atoms with van der Waals surface area (Å²) < 4.78 is 0. The monoisotopic (exact) mass is 221 g/mol. The minimum atomic E-state index is 0.0162. The minimum absolute atomic E-state index is 0.0162. The molecule has 0 saturated heterocycles. The molecule has 1 aromatic rings. The SMILES string of the molecule is Cc1n[nH]c(C)c1C(=O)NC1CCCC1C. The van der Waals surface area contributed by atoms with Crippen molar-refractivity contribution in [2.45, 2.75) is 46.1 Å². The number of H-pyrrole nitrogens is 1. The summed E-state index contributed by atoms with van der Waals surface area (Å²) in [5, 5.41) is 10.0. The molecular weight excluding hydrogens is 202 g/mol. The second kappa shape index (κ2) is 4.28. The first-order chi connectivity index (χ1) is 7.59. The minimum Gasteiger partial charge on any atom is -0.349 e. The van der Waals surface area contributed by atoms with Crippen LogP contribution in [0.1, 0.15) is 47.9 Å². The van der Waals surface area contributed by atoms with Gasteiger partial charge in [-0.2, -0.15) is 5.10 Å². The lowest BCUT2D eigenvalue weighted by Gasteiger charge is -2.17. The van der Waals surface area contributed by atoms with E-state index < -0.39 is 0 Å². The third-order valence-corrected chi connectivity index (χ3v) is 3.53. The van der Waals surface area contributed by atoms with Crippen molar-refractivity contribution >= 4 is 5.91 Å². The van der Waals surface area contributed by atoms with Crippen LogP contribution in [0.15, 0.2) is 0 Å². The van der Waals surface area contributed by atoms with Crippen molar-refractivity contribution in [3.63, 3.8) is 0 Å². The summed E-state index contributed by atoms with van der Waals surface area (Å²) in [6.45, 7) is 5.94. The van der Waals surface area contributed by atoms with E-state index in [2.05, 4.69) is 22.4 Å². The molecule has 16 heavy (non-hydrogen) atoms. The van der Waals surface area contributed by atoms with Gasteiger partial charge in [0.2, 0.25) is 0 Å². The standard InChI is InChI=1S/C12H19N3O/c1-7-5-4-6-10(7)13-12(16)11-8(2)14-15-9(11)3/h7,10H,4-6H2,1-3H3,(H,13,16)(H,14,15). The van der Waals surface area contributed by atoms with Crippen molar-refractivity contribution in [2.24, 2.45) is 5.92 Å². The Bertz CT molecular complexity index is 377. The van der Waals surface area contributed by atoms with Crippen molar-refractivity contribution in [1.82, 2.24) is 15.5 Å². The van der Waals surface area contributed by atoms with E-state index in [-0.39, 0.29) is 5.91 Å². The normalized spacial score (nSPS) is 24.7. The molecule has 0 bridgehead atoms. The Labute approximate surface area is 95.8 Å². The molecule has 1 aromatic heterocycles. The van der Waals surface area contributed by atoms with Crippen LogP contribution in [-0.4, -0.2) is 22.1 Å². The maximum atomic E-state index is 12.1. The van der Waals surface area contributed by atoms with Gasteiger partial charge in [-0.3, -0.25) is 9.89 Å². The Morgan fingerprint density at radius 2 is 2.19 bits per heavy atom. The highest BCUT2D eigenvalue weighted by Gasteiger charge is 2.26. The zero-order valence-electron chi connectivity index (χ0n) is 10.1. The van der Waals surface area contributed by atoms with Crippen LogP contribution in [0.5, 0.6) is 0 Å². The van der Waals surface area contributed by atoms with Gasteiger partial charge in [-0.1, -0.05) is 13.3 Å². The van der Waals surface area contributed by atoms with E-state index in [9.17, 15) is 4.79 Å². The largest absolute Gasteiger partial charge is 0.349 e. The molecule has 1 heterocycles. The third kappa shape index (κ3) is 1.96. The lowest BCUT2D eigenvalue weighted by Crippen LogP contribution is -2.36. The Balaban J connectivity index is 2.08. The van der Waals surface area contributed by atoms with Gasteiger partial charge in [-0.05, 0) is 32.6 Å². The van der Waals surface area contributed by atoms with Gasteiger partial charge < -0.3 is 5.32 Å². The molecule has 1 aliphatic carbocycles. The number of carbonyl (C=O) groups is 1. The molecular formula is C12H19N3O. The van der Waals surface area contributed by atoms with E-state index in [0.29, 0.717) is 17.5 Å². The maximum Gasteiger partial charge on any atom is 0.255 e. The topological polar surface area (TPSA) is 57.8 Å². The fourth-order valence-corrected chi connectivity index (χ4v) is 2.49. The van der Waals surface area contributed by atoms with Crippen molar-refractivity contribution in [3.8, 4) is 0 Å². The maximum absolute atomic E-state index is 12.1. The predicted octanol–water partition coefficient (Wildman–Crippen LogP) is 1.94. The number of amides is 1. The molecule has 0 aromatic carbocycles. The quantitative estimate of drug-likeness (QED) is 0.802. The summed E-state index contributed by atoms with van der Waals surface area (Å²) in [4.78, 5) is 12.1. The first-order valence-corrected chi connectivity index (χ1v) is 5.92. The smallest absolute Gasteiger partial charge is 0.255 e. The Morgan fingerprint density at radius 3 is 2.69 bits per heavy atom. The highest BCUT2D eigenvalue weighted by Crippen LogP contribution is 2.25. The number of nitrogens with zero attached hydrogens (tertiary/aromatic N) is 1. The number of rotatable bonds is 2. The van der Waals surface area contributed by atoms with E-state index in [0.717, 1.165) is 17.8 Å². The summed E-state index contributed by atoms with van der Waals surface area (Å²) in [6, 6.07) is 0.334. The number of aromatic amines is 1. The summed E-state index contributed by atoms with van der Waals surface area (Å²) in [6.07, 6.45) is 3.53. The second-order valence-corrected chi connectivity index (χ2v) is 4.80. The number of hydrogen-bond donors (Lipinski definition) is 2. The number of carbonyl (C=O) groups excluding carboxylic acids is 1. The fourth-order valence-electron chi connectivity index (χ4n) is 2.49.